The first kappa shape index (κ1) is 16.7. The molecule has 1 aliphatic heterocycles. The first-order valence-corrected chi connectivity index (χ1v) is 9.18. The van der Waals surface area contributed by atoms with Gasteiger partial charge in [-0.05, 0) is 39.7 Å². The third-order valence-electron chi connectivity index (χ3n) is 4.54. The zero-order valence-electron chi connectivity index (χ0n) is 14.0. The summed E-state index contributed by atoms with van der Waals surface area (Å²) in [5, 5.41) is 6.71. The van der Waals surface area contributed by atoms with Crippen LogP contribution in [0.1, 0.15) is 33.2 Å². The number of benzene rings is 1. The van der Waals surface area contributed by atoms with E-state index in [1.165, 1.54) is 0 Å². The molecule has 130 valence electrons. The van der Waals surface area contributed by atoms with Crippen LogP contribution in [0.15, 0.2) is 65.5 Å². The van der Waals surface area contributed by atoms with E-state index in [1.807, 2.05) is 59.6 Å². The summed E-state index contributed by atoms with van der Waals surface area (Å²) in [6.07, 6.45) is 9.98. The number of rotatable bonds is 5. The van der Waals surface area contributed by atoms with Crippen LogP contribution in [0, 0.1) is 0 Å². The Hall–Kier alpha value is -2.73. The van der Waals surface area contributed by atoms with Gasteiger partial charge in [0.1, 0.15) is 0 Å². The summed E-state index contributed by atoms with van der Waals surface area (Å²) in [5.41, 5.74) is 3.78. The SMILES string of the molecule is O=C1c2ccccc2C(Cc2ncccc2Br)N1C/C=C/c1cn[nH]c1. The van der Waals surface area contributed by atoms with Gasteiger partial charge in [0, 0.05) is 41.0 Å². The molecule has 1 aliphatic rings. The summed E-state index contributed by atoms with van der Waals surface area (Å²) in [7, 11) is 0. The molecule has 3 heterocycles. The lowest BCUT2D eigenvalue weighted by molar-refractivity contribution is 0.0747. The summed E-state index contributed by atoms with van der Waals surface area (Å²) in [5.74, 6) is 0.0643. The highest BCUT2D eigenvalue weighted by Gasteiger charge is 2.36. The topological polar surface area (TPSA) is 61.9 Å². The van der Waals surface area contributed by atoms with Crippen molar-refractivity contribution in [2.45, 2.75) is 12.5 Å². The molecular formula is C20H17BrN4O. The number of hydrogen-bond donors (Lipinski definition) is 1. The fourth-order valence-corrected chi connectivity index (χ4v) is 3.70. The van der Waals surface area contributed by atoms with Gasteiger partial charge >= 0.3 is 0 Å². The van der Waals surface area contributed by atoms with Crippen LogP contribution < -0.4 is 0 Å². The molecule has 26 heavy (non-hydrogen) atoms. The molecule has 1 amide bonds. The molecular weight excluding hydrogens is 392 g/mol. The van der Waals surface area contributed by atoms with Crippen molar-refractivity contribution in [3.05, 3.63) is 87.9 Å². The third kappa shape index (κ3) is 3.20. The predicted octanol–water partition coefficient (Wildman–Crippen LogP) is 4.02. The van der Waals surface area contributed by atoms with Gasteiger partial charge in [-0.1, -0.05) is 30.4 Å². The van der Waals surface area contributed by atoms with Crippen LogP contribution in [-0.2, 0) is 6.42 Å². The molecule has 3 aromatic rings. The van der Waals surface area contributed by atoms with Crippen LogP contribution in [0.2, 0.25) is 0 Å². The predicted molar refractivity (Wildman–Crippen MR) is 103 cm³/mol. The van der Waals surface area contributed by atoms with Gasteiger partial charge in [0.2, 0.25) is 0 Å². The Morgan fingerprint density at radius 2 is 2.12 bits per heavy atom. The molecule has 0 bridgehead atoms. The number of H-pyrrole nitrogens is 1. The summed E-state index contributed by atoms with van der Waals surface area (Å²) in [6.45, 7) is 0.536. The number of aromatic nitrogens is 3. The molecule has 1 N–H and O–H groups in total. The number of pyridine rings is 1. The Kier molecular flexibility index (Phi) is 4.67. The quantitative estimate of drug-likeness (QED) is 0.693. The smallest absolute Gasteiger partial charge is 0.255 e. The zero-order chi connectivity index (χ0) is 17.9. The first-order chi connectivity index (χ1) is 12.7. The second kappa shape index (κ2) is 7.25. The maximum Gasteiger partial charge on any atom is 0.255 e. The lowest BCUT2D eigenvalue weighted by Gasteiger charge is -2.24. The van der Waals surface area contributed by atoms with Gasteiger partial charge in [-0.2, -0.15) is 5.10 Å². The molecule has 0 saturated heterocycles. The molecule has 0 radical (unpaired) electrons. The van der Waals surface area contributed by atoms with Crippen molar-refractivity contribution in [2.75, 3.05) is 6.54 Å². The van der Waals surface area contributed by atoms with Gasteiger partial charge in [0.05, 0.1) is 17.9 Å². The van der Waals surface area contributed by atoms with Crippen LogP contribution in [0.3, 0.4) is 0 Å². The van der Waals surface area contributed by atoms with Crippen LogP contribution in [0.4, 0.5) is 0 Å². The Labute approximate surface area is 159 Å². The van der Waals surface area contributed by atoms with Crippen molar-refractivity contribution < 1.29 is 4.79 Å². The van der Waals surface area contributed by atoms with E-state index in [-0.39, 0.29) is 11.9 Å². The van der Waals surface area contributed by atoms with Gasteiger partial charge in [-0.15, -0.1) is 0 Å². The maximum absolute atomic E-state index is 12.9. The molecule has 0 spiro atoms. The van der Waals surface area contributed by atoms with Crippen LogP contribution in [0.5, 0.6) is 0 Å². The standard InChI is InChI=1S/C20H17BrN4O/c21-17-8-3-9-22-18(17)11-19-15-6-1-2-7-16(15)20(26)25(19)10-4-5-14-12-23-24-13-14/h1-9,12-13,19H,10-11H2,(H,23,24)/b5-4+. The van der Waals surface area contributed by atoms with Gasteiger partial charge in [-0.3, -0.25) is 14.9 Å². The summed E-state index contributed by atoms with van der Waals surface area (Å²) in [4.78, 5) is 19.3. The molecule has 1 atom stereocenters. The van der Waals surface area contributed by atoms with Crippen molar-refractivity contribution in [1.29, 1.82) is 0 Å². The minimum absolute atomic E-state index is 0.0288. The lowest BCUT2D eigenvalue weighted by atomic mass is 10.0. The highest BCUT2D eigenvalue weighted by atomic mass is 79.9. The molecule has 1 unspecified atom stereocenters. The number of nitrogens with one attached hydrogen (secondary N) is 1. The van der Waals surface area contributed by atoms with E-state index in [1.54, 1.807) is 12.4 Å². The van der Waals surface area contributed by atoms with Crippen LogP contribution >= 0.6 is 15.9 Å². The second-order valence-corrected chi connectivity index (χ2v) is 6.98. The Bertz CT molecular complexity index is 952. The number of aromatic amines is 1. The Balaban J connectivity index is 1.62. The second-order valence-electron chi connectivity index (χ2n) is 6.13. The van der Waals surface area contributed by atoms with Crippen LogP contribution in [0.25, 0.3) is 6.08 Å². The van der Waals surface area contributed by atoms with E-state index in [0.717, 1.165) is 26.9 Å². The van der Waals surface area contributed by atoms with Crippen molar-refractivity contribution in [2.24, 2.45) is 0 Å². The van der Waals surface area contributed by atoms with Gasteiger partial charge < -0.3 is 4.90 Å². The van der Waals surface area contributed by atoms with Crippen molar-refractivity contribution in [3.8, 4) is 0 Å². The maximum atomic E-state index is 12.9. The molecule has 2 aromatic heterocycles. The molecule has 6 heteroatoms. The number of nitrogens with zero attached hydrogens (tertiary/aromatic N) is 3. The number of carbonyl (C=O) groups is 1. The fraction of sp³-hybridized carbons (Fsp3) is 0.150. The van der Waals surface area contributed by atoms with Crippen molar-refractivity contribution in [3.63, 3.8) is 0 Å². The summed E-state index contributed by atoms with van der Waals surface area (Å²) < 4.78 is 0.964. The van der Waals surface area contributed by atoms with Gasteiger partial charge in [-0.25, -0.2) is 0 Å². The average Bonchev–Trinajstić information content (AvgIpc) is 3.26. The lowest BCUT2D eigenvalue weighted by Crippen LogP contribution is -2.29. The molecule has 0 fully saturated rings. The van der Waals surface area contributed by atoms with E-state index >= 15 is 0 Å². The van der Waals surface area contributed by atoms with Crippen LogP contribution in [-0.4, -0.2) is 32.5 Å². The molecule has 0 aliphatic carbocycles. The third-order valence-corrected chi connectivity index (χ3v) is 5.26. The average molecular weight is 409 g/mol. The minimum atomic E-state index is -0.0288. The molecule has 0 saturated carbocycles. The van der Waals surface area contributed by atoms with E-state index in [9.17, 15) is 4.79 Å². The highest BCUT2D eigenvalue weighted by Crippen LogP contribution is 2.36. The van der Waals surface area contributed by atoms with Crippen molar-refractivity contribution >= 4 is 27.9 Å². The normalized spacial score (nSPS) is 16.4. The van der Waals surface area contributed by atoms with E-state index in [0.29, 0.717) is 13.0 Å². The zero-order valence-corrected chi connectivity index (χ0v) is 15.6. The Morgan fingerprint density at radius 3 is 2.92 bits per heavy atom. The van der Waals surface area contributed by atoms with Gasteiger partial charge in [0.25, 0.3) is 5.91 Å². The minimum Gasteiger partial charge on any atom is -0.327 e. The van der Waals surface area contributed by atoms with Gasteiger partial charge in [0.15, 0.2) is 0 Å². The largest absolute Gasteiger partial charge is 0.327 e. The molecule has 4 rings (SSSR count). The summed E-state index contributed by atoms with van der Waals surface area (Å²) >= 11 is 3.57. The number of hydrogen-bond acceptors (Lipinski definition) is 3. The number of carbonyl (C=O) groups excluding carboxylic acids is 1. The summed E-state index contributed by atoms with van der Waals surface area (Å²) in [6, 6.07) is 11.7. The Morgan fingerprint density at radius 1 is 1.23 bits per heavy atom. The number of amides is 1. The van der Waals surface area contributed by atoms with E-state index in [4.69, 9.17) is 0 Å². The molecule has 5 nitrogen and oxygen atoms in total. The van der Waals surface area contributed by atoms with E-state index in [2.05, 4.69) is 31.1 Å². The highest BCUT2D eigenvalue weighted by molar-refractivity contribution is 9.10. The fourth-order valence-electron chi connectivity index (χ4n) is 3.28. The first-order valence-electron chi connectivity index (χ1n) is 8.38. The van der Waals surface area contributed by atoms with Crippen molar-refractivity contribution in [1.82, 2.24) is 20.1 Å². The molecule has 1 aromatic carbocycles. The van der Waals surface area contributed by atoms with E-state index < -0.39 is 0 Å². The monoisotopic (exact) mass is 408 g/mol. The number of halogens is 1. The number of fused-ring (bicyclic) bond motifs is 1.